The lowest BCUT2D eigenvalue weighted by molar-refractivity contribution is -0.125. The first kappa shape index (κ1) is 19.5. The zero-order valence-electron chi connectivity index (χ0n) is 15.5. The van der Waals surface area contributed by atoms with E-state index in [4.69, 9.17) is 0 Å². The molecule has 3 nitrogen and oxygen atoms in total. The van der Waals surface area contributed by atoms with E-state index in [2.05, 4.69) is 5.32 Å². The van der Waals surface area contributed by atoms with Crippen LogP contribution in [0, 0.1) is 11.8 Å². The second-order valence-corrected chi connectivity index (χ2v) is 8.10. The van der Waals surface area contributed by atoms with Crippen LogP contribution in [0.5, 0.6) is 0 Å². The molecule has 0 aromatic carbocycles. The van der Waals surface area contributed by atoms with Crippen LogP contribution in [0.3, 0.4) is 0 Å². The lowest BCUT2D eigenvalue weighted by Gasteiger charge is -2.15. The fraction of sp³-hybridized carbons (Fsp3) is 0.905. The second-order valence-electron chi connectivity index (χ2n) is 8.10. The average molecular weight is 336 g/mol. The van der Waals surface area contributed by atoms with E-state index >= 15 is 0 Å². The van der Waals surface area contributed by atoms with Crippen molar-refractivity contribution in [2.45, 2.75) is 103 Å². The summed E-state index contributed by atoms with van der Waals surface area (Å²) in [5.41, 5.74) is 0. The molecule has 2 fully saturated rings. The van der Waals surface area contributed by atoms with Crippen molar-refractivity contribution < 1.29 is 9.59 Å². The normalized spacial score (nSPS) is 21.0. The van der Waals surface area contributed by atoms with Crippen molar-refractivity contribution in [3.05, 3.63) is 0 Å². The Morgan fingerprint density at radius 3 is 1.79 bits per heavy atom. The summed E-state index contributed by atoms with van der Waals surface area (Å²) in [4.78, 5) is 24.0. The van der Waals surface area contributed by atoms with Gasteiger partial charge < -0.3 is 5.32 Å². The third-order valence-corrected chi connectivity index (χ3v) is 6.00. The number of hydrogen-bond donors (Lipinski definition) is 1. The summed E-state index contributed by atoms with van der Waals surface area (Å²) in [5, 5.41) is 3.06. The SMILES string of the molecule is O=C(CCC(=O)NCC1CCCCCC1)CCC1CCCCCC1. The molecule has 0 aromatic heterocycles. The second kappa shape index (κ2) is 11.7. The van der Waals surface area contributed by atoms with E-state index in [-0.39, 0.29) is 11.7 Å². The summed E-state index contributed by atoms with van der Waals surface area (Å²) in [6, 6.07) is 0. The molecule has 2 saturated carbocycles. The third-order valence-electron chi connectivity index (χ3n) is 6.00. The van der Waals surface area contributed by atoms with Crippen LogP contribution >= 0.6 is 0 Å². The van der Waals surface area contributed by atoms with Gasteiger partial charge in [0.1, 0.15) is 5.78 Å². The van der Waals surface area contributed by atoms with Gasteiger partial charge in [0.2, 0.25) is 5.91 Å². The van der Waals surface area contributed by atoms with E-state index in [0.29, 0.717) is 25.2 Å². The maximum atomic E-state index is 12.0. The fourth-order valence-electron chi connectivity index (χ4n) is 4.31. The standard InChI is InChI=1S/C21H37NO2/c23-20(14-13-18-9-5-1-2-6-10-18)15-16-21(24)22-17-19-11-7-3-4-8-12-19/h18-19H,1-17H2,(H,22,24). The van der Waals surface area contributed by atoms with Crippen molar-refractivity contribution in [1.29, 1.82) is 0 Å². The number of nitrogens with one attached hydrogen (secondary N) is 1. The third kappa shape index (κ3) is 8.30. The Labute approximate surface area is 148 Å². The maximum Gasteiger partial charge on any atom is 0.220 e. The van der Waals surface area contributed by atoms with Gasteiger partial charge in [-0.2, -0.15) is 0 Å². The van der Waals surface area contributed by atoms with E-state index in [1.807, 2.05) is 0 Å². The highest BCUT2D eigenvalue weighted by atomic mass is 16.2. The molecular formula is C21H37NO2. The molecule has 2 aliphatic carbocycles. The first-order valence-electron chi connectivity index (χ1n) is 10.5. The summed E-state index contributed by atoms with van der Waals surface area (Å²) >= 11 is 0. The number of rotatable bonds is 8. The predicted octanol–water partition coefficient (Wildman–Crippen LogP) is 5.17. The molecule has 138 valence electrons. The van der Waals surface area contributed by atoms with E-state index in [1.165, 1.54) is 77.0 Å². The highest BCUT2D eigenvalue weighted by Crippen LogP contribution is 2.26. The molecule has 0 unspecified atom stereocenters. The van der Waals surface area contributed by atoms with Crippen LogP contribution < -0.4 is 5.32 Å². The molecule has 2 rings (SSSR count). The van der Waals surface area contributed by atoms with Crippen LogP contribution in [-0.4, -0.2) is 18.2 Å². The number of carbonyl (C=O) groups is 2. The van der Waals surface area contributed by atoms with E-state index in [1.54, 1.807) is 0 Å². The molecule has 0 radical (unpaired) electrons. The van der Waals surface area contributed by atoms with E-state index < -0.39 is 0 Å². The minimum Gasteiger partial charge on any atom is -0.356 e. The molecule has 0 spiro atoms. The van der Waals surface area contributed by atoms with Crippen LogP contribution in [0.25, 0.3) is 0 Å². The molecule has 1 N–H and O–H groups in total. The summed E-state index contributed by atoms with van der Waals surface area (Å²) in [5.74, 6) is 1.76. The Kier molecular flexibility index (Phi) is 9.45. The quantitative estimate of drug-likeness (QED) is 0.622. The minimum atomic E-state index is 0.0714. The van der Waals surface area contributed by atoms with Gasteiger partial charge in [-0.25, -0.2) is 0 Å². The summed E-state index contributed by atoms with van der Waals surface area (Å²) in [6.45, 7) is 0.815. The van der Waals surface area contributed by atoms with Crippen LogP contribution in [0.1, 0.15) is 103 Å². The molecule has 0 aliphatic heterocycles. The summed E-state index contributed by atoms with van der Waals surface area (Å²) < 4.78 is 0. The lowest BCUT2D eigenvalue weighted by Crippen LogP contribution is -2.29. The lowest BCUT2D eigenvalue weighted by atomic mass is 9.93. The van der Waals surface area contributed by atoms with Crippen LogP contribution in [0.4, 0.5) is 0 Å². The van der Waals surface area contributed by atoms with Gasteiger partial charge >= 0.3 is 0 Å². The molecule has 1 amide bonds. The summed E-state index contributed by atoms with van der Waals surface area (Å²) in [6.07, 6.45) is 18.4. The maximum absolute atomic E-state index is 12.0. The van der Waals surface area contributed by atoms with Gasteiger partial charge in [0.25, 0.3) is 0 Å². The highest BCUT2D eigenvalue weighted by molar-refractivity contribution is 5.84. The average Bonchev–Trinajstić information content (AvgIpc) is 3.01. The number of Topliss-reactive ketones (excluding diaryl/α,β-unsaturated/α-hetero) is 1. The van der Waals surface area contributed by atoms with Gasteiger partial charge in [-0.3, -0.25) is 9.59 Å². The van der Waals surface area contributed by atoms with Crippen LogP contribution in [-0.2, 0) is 9.59 Å². The molecule has 0 aromatic rings. The first-order chi connectivity index (χ1) is 11.7. The van der Waals surface area contributed by atoms with Crippen molar-refractivity contribution in [3.8, 4) is 0 Å². The first-order valence-corrected chi connectivity index (χ1v) is 10.5. The van der Waals surface area contributed by atoms with E-state index in [9.17, 15) is 9.59 Å². The number of hydrogen-bond acceptors (Lipinski definition) is 2. The van der Waals surface area contributed by atoms with Crippen LogP contribution in [0.15, 0.2) is 0 Å². The largest absolute Gasteiger partial charge is 0.356 e. The molecule has 0 heterocycles. The molecule has 3 heteroatoms. The molecule has 2 aliphatic rings. The van der Waals surface area contributed by atoms with Crippen LogP contribution in [0.2, 0.25) is 0 Å². The van der Waals surface area contributed by atoms with Crippen molar-refractivity contribution >= 4 is 11.7 Å². The van der Waals surface area contributed by atoms with Gasteiger partial charge in [0, 0.05) is 25.8 Å². The Morgan fingerprint density at radius 1 is 0.667 bits per heavy atom. The topological polar surface area (TPSA) is 46.2 Å². The monoisotopic (exact) mass is 335 g/mol. The molecule has 0 atom stereocenters. The minimum absolute atomic E-state index is 0.0714. The Morgan fingerprint density at radius 2 is 1.21 bits per heavy atom. The highest BCUT2D eigenvalue weighted by Gasteiger charge is 2.16. The van der Waals surface area contributed by atoms with Gasteiger partial charge in [-0.15, -0.1) is 0 Å². The number of ketones is 1. The molecule has 0 bridgehead atoms. The van der Waals surface area contributed by atoms with Gasteiger partial charge in [0.05, 0.1) is 0 Å². The van der Waals surface area contributed by atoms with Gasteiger partial charge in [-0.1, -0.05) is 64.2 Å². The molecule has 0 saturated heterocycles. The summed E-state index contributed by atoms with van der Waals surface area (Å²) in [7, 11) is 0. The van der Waals surface area contributed by atoms with Crippen molar-refractivity contribution in [2.24, 2.45) is 11.8 Å². The zero-order chi connectivity index (χ0) is 17.0. The predicted molar refractivity (Wildman–Crippen MR) is 98.9 cm³/mol. The molecule has 24 heavy (non-hydrogen) atoms. The zero-order valence-corrected chi connectivity index (χ0v) is 15.5. The number of amides is 1. The van der Waals surface area contributed by atoms with Gasteiger partial charge in [-0.05, 0) is 31.1 Å². The molecular weight excluding hydrogens is 298 g/mol. The Bertz CT molecular complexity index is 328. The smallest absolute Gasteiger partial charge is 0.220 e. The van der Waals surface area contributed by atoms with Crippen molar-refractivity contribution in [2.75, 3.05) is 6.54 Å². The fourth-order valence-corrected chi connectivity index (χ4v) is 4.31. The van der Waals surface area contributed by atoms with Crippen molar-refractivity contribution in [3.63, 3.8) is 0 Å². The number of carbonyl (C=O) groups excluding carboxylic acids is 2. The Hall–Kier alpha value is -0.860. The Balaban J connectivity index is 1.52. The van der Waals surface area contributed by atoms with Gasteiger partial charge in [0.15, 0.2) is 0 Å². The van der Waals surface area contributed by atoms with E-state index in [0.717, 1.165) is 18.9 Å². The van der Waals surface area contributed by atoms with Crippen molar-refractivity contribution in [1.82, 2.24) is 5.32 Å².